The van der Waals surface area contributed by atoms with Crippen molar-refractivity contribution in [1.29, 1.82) is 0 Å². The molecule has 3 aromatic rings. The highest BCUT2D eigenvalue weighted by molar-refractivity contribution is 6.34. The lowest BCUT2D eigenvalue weighted by molar-refractivity contribution is -0.117. The largest absolute Gasteiger partial charge is 0.324 e. The second-order valence-electron chi connectivity index (χ2n) is 7.36. The van der Waals surface area contributed by atoms with Gasteiger partial charge in [0.25, 0.3) is 0 Å². The van der Waals surface area contributed by atoms with Gasteiger partial charge in [0.2, 0.25) is 11.8 Å². The summed E-state index contributed by atoms with van der Waals surface area (Å²) in [6, 6.07) is 13.2. The van der Waals surface area contributed by atoms with Crippen LogP contribution in [0.1, 0.15) is 29.7 Å². The van der Waals surface area contributed by atoms with Crippen molar-refractivity contribution in [3.8, 4) is 0 Å². The Balaban J connectivity index is 1.58. The number of benzene rings is 2. The van der Waals surface area contributed by atoms with Crippen LogP contribution in [0.5, 0.6) is 0 Å². The molecule has 0 spiro atoms. The molecule has 29 heavy (non-hydrogen) atoms. The summed E-state index contributed by atoms with van der Waals surface area (Å²) in [5.41, 5.74) is 5.02. The van der Waals surface area contributed by atoms with Gasteiger partial charge in [-0.1, -0.05) is 29.8 Å². The van der Waals surface area contributed by atoms with E-state index in [4.69, 9.17) is 11.6 Å². The standard InChI is InChI=1S/C23H22ClN3O2/c1-14-17-6-3-4-7-20(17)25-15(2)18(14)13-22(28)26-21-12-16(9-10-19(21)24)27-11-5-8-23(27)29/h3-4,6-7,9-10,12H,5,8,11,13H2,1-2H3,(H,26,28). The van der Waals surface area contributed by atoms with Gasteiger partial charge in [-0.2, -0.15) is 0 Å². The van der Waals surface area contributed by atoms with E-state index >= 15 is 0 Å². The van der Waals surface area contributed by atoms with Gasteiger partial charge in [-0.25, -0.2) is 0 Å². The van der Waals surface area contributed by atoms with Crippen molar-refractivity contribution in [2.75, 3.05) is 16.8 Å². The van der Waals surface area contributed by atoms with E-state index in [-0.39, 0.29) is 18.2 Å². The van der Waals surface area contributed by atoms with Crippen LogP contribution in [-0.2, 0) is 16.0 Å². The summed E-state index contributed by atoms with van der Waals surface area (Å²) in [6.45, 7) is 4.63. The quantitative estimate of drug-likeness (QED) is 0.674. The normalized spacial score (nSPS) is 13.9. The number of para-hydroxylation sites is 1. The van der Waals surface area contributed by atoms with Crippen molar-refractivity contribution in [3.63, 3.8) is 0 Å². The number of carbonyl (C=O) groups is 2. The molecule has 0 atom stereocenters. The summed E-state index contributed by atoms with van der Waals surface area (Å²) in [7, 11) is 0. The van der Waals surface area contributed by atoms with Crippen LogP contribution in [0.15, 0.2) is 42.5 Å². The first-order valence-corrected chi connectivity index (χ1v) is 10.1. The Labute approximate surface area is 174 Å². The fraction of sp³-hybridized carbons (Fsp3) is 0.261. The minimum atomic E-state index is -0.167. The molecule has 1 aromatic heterocycles. The molecule has 6 heteroatoms. The molecule has 0 saturated carbocycles. The van der Waals surface area contributed by atoms with Crippen molar-refractivity contribution in [1.82, 2.24) is 4.98 Å². The van der Waals surface area contributed by atoms with E-state index in [1.807, 2.05) is 44.2 Å². The lowest BCUT2D eigenvalue weighted by Crippen LogP contribution is -2.24. The summed E-state index contributed by atoms with van der Waals surface area (Å²) in [5, 5.41) is 4.40. The third-order valence-corrected chi connectivity index (χ3v) is 5.76. The monoisotopic (exact) mass is 407 g/mol. The van der Waals surface area contributed by atoms with Crippen LogP contribution >= 0.6 is 11.6 Å². The second kappa shape index (κ2) is 7.84. The number of aromatic nitrogens is 1. The number of hydrogen-bond acceptors (Lipinski definition) is 3. The minimum Gasteiger partial charge on any atom is -0.324 e. The number of pyridine rings is 1. The molecule has 0 radical (unpaired) electrons. The smallest absolute Gasteiger partial charge is 0.228 e. The van der Waals surface area contributed by atoms with Gasteiger partial charge in [0, 0.05) is 29.7 Å². The number of aryl methyl sites for hydroxylation is 2. The molecular formula is C23H22ClN3O2. The van der Waals surface area contributed by atoms with Crippen LogP contribution in [0.3, 0.4) is 0 Å². The molecule has 0 aliphatic carbocycles. The summed E-state index contributed by atoms with van der Waals surface area (Å²) in [6.07, 6.45) is 1.60. The molecule has 0 unspecified atom stereocenters. The molecule has 1 aliphatic rings. The Hall–Kier alpha value is -2.92. The van der Waals surface area contributed by atoms with Crippen LogP contribution < -0.4 is 10.2 Å². The molecule has 148 valence electrons. The third kappa shape index (κ3) is 3.83. The number of hydrogen-bond donors (Lipinski definition) is 1. The van der Waals surface area contributed by atoms with Crippen molar-refractivity contribution in [2.24, 2.45) is 0 Å². The van der Waals surface area contributed by atoms with E-state index in [2.05, 4.69) is 10.3 Å². The maximum atomic E-state index is 12.8. The van der Waals surface area contributed by atoms with Crippen molar-refractivity contribution >= 4 is 45.7 Å². The van der Waals surface area contributed by atoms with Gasteiger partial charge in [-0.05, 0) is 55.7 Å². The van der Waals surface area contributed by atoms with Gasteiger partial charge in [0.1, 0.15) is 0 Å². The minimum absolute atomic E-state index is 0.0955. The first-order valence-electron chi connectivity index (χ1n) is 9.68. The van der Waals surface area contributed by atoms with Gasteiger partial charge in [-0.15, -0.1) is 0 Å². The first kappa shape index (κ1) is 19.4. The summed E-state index contributed by atoms with van der Waals surface area (Å²) >= 11 is 6.30. The number of rotatable bonds is 4. The van der Waals surface area contributed by atoms with Crippen LogP contribution in [0.4, 0.5) is 11.4 Å². The number of anilines is 2. The summed E-state index contributed by atoms with van der Waals surface area (Å²) in [5.74, 6) is -0.0711. The highest BCUT2D eigenvalue weighted by atomic mass is 35.5. The molecule has 2 amide bonds. The Morgan fingerprint density at radius 3 is 2.76 bits per heavy atom. The van der Waals surface area contributed by atoms with Gasteiger partial charge in [-0.3, -0.25) is 14.6 Å². The highest BCUT2D eigenvalue weighted by Crippen LogP contribution is 2.30. The van der Waals surface area contributed by atoms with Gasteiger partial charge >= 0.3 is 0 Å². The van der Waals surface area contributed by atoms with Crippen LogP contribution in [0.2, 0.25) is 5.02 Å². The van der Waals surface area contributed by atoms with E-state index in [1.165, 1.54) is 0 Å². The summed E-state index contributed by atoms with van der Waals surface area (Å²) < 4.78 is 0. The van der Waals surface area contributed by atoms with E-state index in [9.17, 15) is 9.59 Å². The molecule has 1 fully saturated rings. The predicted molar refractivity (Wildman–Crippen MR) is 117 cm³/mol. The van der Waals surface area contributed by atoms with Crippen molar-refractivity contribution in [2.45, 2.75) is 33.1 Å². The number of nitrogens with zero attached hydrogens (tertiary/aromatic N) is 2. The molecular weight excluding hydrogens is 386 g/mol. The number of nitrogens with one attached hydrogen (secondary N) is 1. The topological polar surface area (TPSA) is 62.3 Å². The fourth-order valence-corrected chi connectivity index (χ4v) is 4.05. The summed E-state index contributed by atoms with van der Waals surface area (Å²) in [4.78, 5) is 31.2. The van der Waals surface area contributed by atoms with Crippen molar-refractivity contribution < 1.29 is 9.59 Å². The predicted octanol–water partition coefficient (Wildman–Crippen LogP) is 4.81. The van der Waals surface area contributed by atoms with Gasteiger partial charge in [0.05, 0.1) is 22.6 Å². The molecule has 4 rings (SSSR count). The Morgan fingerprint density at radius 1 is 1.21 bits per heavy atom. The molecule has 2 aromatic carbocycles. The zero-order valence-electron chi connectivity index (χ0n) is 16.5. The average molecular weight is 408 g/mol. The van der Waals surface area contributed by atoms with Crippen molar-refractivity contribution in [3.05, 3.63) is 64.3 Å². The van der Waals surface area contributed by atoms with E-state index in [0.717, 1.165) is 39.8 Å². The average Bonchev–Trinajstić information content (AvgIpc) is 3.13. The fourth-order valence-electron chi connectivity index (χ4n) is 3.88. The van der Waals surface area contributed by atoms with E-state index in [1.54, 1.807) is 17.0 Å². The molecule has 1 aliphatic heterocycles. The van der Waals surface area contributed by atoms with Crippen LogP contribution in [0.25, 0.3) is 10.9 Å². The van der Waals surface area contributed by atoms with Crippen LogP contribution in [0, 0.1) is 13.8 Å². The molecule has 1 saturated heterocycles. The Bertz CT molecular complexity index is 1130. The zero-order chi connectivity index (χ0) is 20.5. The second-order valence-corrected chi connectivity index (χ2v) is 7.76. The maximum Gasteiger partial charge on any atom is 0.228 e. The molecule has 5 nitrogen and oxygen atoms in total. The number of carbonyl (C=O) groups excluding carboxylic acids is 2. The lowest BCUT2D eigenvalue weighted by Gasteiger charge is -2.18. The Kier molecular flexibility index (Phi) is 5.24. The molecule has 2 heterocycles. The number of fused-ring (bicyclic) bond motifs is 1. The number of halogens is 1. The maximum absolute atomic E-state index is 12.8. The molecule has 0 bridgehead atoms. The Morgan fingerprint density at radius 2 is 2.00 bits per heavy atom. The van der Waals surface area contributed by atoms with Gasteiger partial charge < -0.3 is 10.2 Å². The van der Waals surface area contributed by atoms with E-state index in [0.29, 0.717) is 23.7 Å². The van der Waals surface area contributed by atoms with Crippen LogP contribution in [-0.4, -0.2) is 23.3 Å². The third-order valence-electron chi connectivity index (χ3n) is 5.43. The highest BCUT2D eigenvalue weighted by Gasteiger charge is 2.22. The van der Waals surface area contributed by atoms with E-state index < -0.39 is 0 Å². The molecule has 1 N–H and O–H groups in total. The lowest BCUT2D eigenvalue weighted by atomic mass is 9.99. The zero-order valence-corrected chi connectivity index (χ0v) is 17.2. The van der Waals surface area contributed by atoms with Gasteiger partial charge in [0.15, 0.2) is 0 Å². The number of amides is 2. The first-order chi connectivity index (χ1) is 13.9. The SMILES string of the molecule is Cc1nc2ccccc2c(C)c1CC(=O)Nc1cc(N2CCCC2=O)ccc1Cl.